The van der Waals surface area contributed by atoms with Crippen molar-refractivity contribution in [1.82, 2.24) is 20.2 Å². The van der Waals surface area contributed by atoms with Crippen LogP contribution in [0.4, 0.5) is 5.95 Å². The number of ether oxygens (including phenoxy) is 2. The molecule has 26 heavy (non-hydrogen) atoms. The first-order valence-electron chi connectivity index (χ1n) is 8.22. The molecule has 4 rings (SSSR count). The Bertz CT molecular complexity index is 912. The van der Waals surface area contributed by atoms with Crippen molar-refractivity contribution in [2.24, 2.45) is 0 Å². The largest absolute Gasteiger partial charge is 0.493 e. The van der Waals surface area contributed by atoms with E-state index in [0.717, 1.165) is 17.5 Å². The summed E-state index contributed by atoms with van der Waals surface area (Å²) in [6, 6.07) is 13.6. The lowest BCUT2D eigenvalue weighted by molar-refractivity contribution is 0.339. The predicted molar refractivity (Wildman–Crippen MR) is 97.9 cm³/mol. The summed E-state index contributed by atoms with van der Waals surface area (Å²) in [4.78, 5) is 0. The summed E-state index contributed by atoms with van der Waals surface area (Å²) in [5.41, 5.74) is 2.09. The van der Waals surface area contributed by atoms with Crippen LogP contribution in [-0.2, 0) is 0 Å². The van der Waals surface area contributed by atoms with E-state index in [1.165, 1.54) is 0 Å². The van der Waals surface area contributed by atoms with Gasteiger partial charge in [0.2, 0.25) is 5.95 Å². The lowest BCUT2D eigenvalue weighted by atomic mass is 9.92. The summed E-state index contributed by atoms with van der Waals surface area (Å²) in [5.74, 6) is 1.99. The molecule has 8 heteroatoms. The number of nitrogens with zero attached hydrogens (tertiary/aromatic N) is 4. The molecule has 7 nitrogen and oxygen atoms in total. The highest BCUT2D eigenvalue weighted by Crippen LogP contribution is 2.43. The lowest BCUT2D eigenvalue weighted by Crippen LogP contribution is -2.28. The van der Waals surface area contributed by atoms with Gasteiger partial charge in [0.1, 0.15) is 0 Å². The highest BCUT2D eigenvalue weighted by atomic mass is 35.5. The first-order valence-corrected chi connectivity index (χ1v) is 8.60. The summed E-state index contributed by atoms with van der Waals surface area (Å²) < 4.78 is 12.9. The average molecular weight is 372 g/mol. The smallest absolute Gasteiger partial charge is 0.243 e. The van der Waals surface area contributed by atoms with Gasteiger partial charge >= 0.3 is 0 Å². The molecular formula is C18H18ClN5O2. The van der Waals surface area contributed by atoms with Gasteiger partial charge in [-0.1, -0.05) is 41.0 Å². The Morgan fingerprint density at radius 3 is 2.65 bits per heavy atom. The molecule has 0 fully saturated rings. The summed E-state index contributed by atoms with van der Waals surface area (Å²) in [5, 5.41) is 16.2. The topological polar surface area (TPSA) is 74.1 Å². The maximum absolute atomic E-state index is 6.02. The highest BCUT2D eigenvalue weighted by Gasteiger charge is 2.33. The molecular weight excluding hydrogens is 354 g/mol. The van der Waals surface area contributed by atoms with Crippen LogP contribution in [0.15, 0.2) is 42.5 Å². The van der Waals surface area contributed by atoms with Crippen LogP contribution in [0.5, 0.6) is 11.5 Å². The Kier molecular flexibility index (Phi) is 4.38. The molecule has 0 bridgehead atoms. The van der Waals surface area contributed by atoms with Crippen molar-refractivity contribution in [2.45, 2.75) is 18.5 Å². The van der Waals surface area contributed by atoms with E-state index in [-0.39, 0.29) is 12.1 Å². The number of halogens is 1. The minimum absolute atomic E-state index is 0.0478. The first kappa shape index (κ1) is 16.7. The number of hydrogen-bond donors (Lipinski definition) is 1. The van der Waals surface area contributed by atoms with E-state index in [2.05, 4.69) is 20.8 Å². The quantitative estimate of drug-likeness (QED) is 0.756. The number of tetrazole rings is 1. The fourth-order valence-corrected chi connectivity index (χ4v) is 3.51. The number of rotatable bonds is 4. The zero-order valence-corrected chi connectivity index (χ0v) is 15.1. The van der Waals surface area contributed by atoms with E-state index >= 15 is 0 Å². The zero-order chi connectivity index (χ0) is 18.1. The highest BCUT2D eigenvalue weighted by molar-refractivity contribution is 6.30. The van der Waals surface area contributed by atoms with Gasteiger partial charge in [-0.05, 0) is 40.6 Å². The first-order chi connectivity index (χ1) is 12.7. The molecule has 0 aliphatic carbocycles. The van der Waals surface area contributed by atoms with Gasteiger partial charge in [-0.3, -0.25) is 0 Å². The molecule has 1 aromatic heterocycles. The standard InChI is InChI=1S/C18H18ClN5O2/c1-25-16-5-3-4-13(17(16)26-2)15-10-14(11-6-8-12(19)9-7-11)20-18-21-22-23-24(15)18/h3-9,14-15H,10H2,1-2H3,(H,20,21,23)/t14-,15+/m1/s1. The van der Waals surface area contributed by atoms with Crippen molar-refractivity contribution in [1.29, 1.82) is 0 Å². The van der Waals surface area contributed by atoms with Gasteiger partial charge in [0, 0.05) is 10.6 Å². The summed E-state index contributed by atoms with van der Waals surface area (Å²) >= 11 is 6.02. The van der Waals surface area contributed by atoms with Crippen LogP contribution < -0.4 is 14.8 Å². The number of aromatic nitrogens is 4. The molecule has 2 aromatic carbocycles. The van der Waals surface area contributed by atoms with Crippen molar-refractivity contribution in [3.8, 4) is 11.5 Å². The van der Waals surface area contributed by atoms with E-state index < -0.39 is 0 Å². The minimum Gasteiger partial charge on any atom is -0.493 e. The Morgan fingerprint density at radius 1 is 1.12 bits per heavy atom. The Hall–Kier alpha value is -2.80. The normalized spacial score (nSPS) is 18.7. The van der Waals surface area contributed by atoms with Crippen molar-refractivity contribution in [2.75, 3.05) is 19.5 Å². The van der Waals surface area contributed by atoms with Crippen LogP contribution in [-0.4, -0.2) is 34.4 Å². The van der Waals surface area contributed by atoms with Gasteiger partial charge in [0.15, 0.2) is 11.5 Å². The molecule has 0 saturated heterocycles. The number of benzene rings is 2. The van der Waals surface area contributed by atoms with Crippen LogP contribution in [0.25, 0.3) is 0 Å². The number of fused-ring (bicyclic) bond motifs is 1. The minimum atomic E-state index is -0.0908. The Morgan fingerprint density at radius 2 is 1.92 bits per heavy atom. The van der Waals surface area contributed by atoms with Crippen molar-refractivity contribution in [3.05, 3.63) is 58.6 Å². The second kappa shape index (κ2) is 6.84. The van der Waals surface area contributed by atoms with E-state index in [1.807, 2.05) is 42.5 Å². The lowest BCUT2D eigenvalue weighted by Gasteiger charge is -2.32. The molecule has 0 amide bonds. The van der Waals surface area contributed by atoms with Crippen LogP contribution in [0.3, 0.4) is 0 Å². The molecule has 0 spiro atoms. The second-order valence-corrected chi connectivity index (χ2v) is 6.47. The van der Waals surface area contributed by atoms with Crippen molar-refractivity contribution >= 4 is 17.5 Å². The molecule has 1 N–H and O–H groups in total. The fourth-order valence-electron chi connectivity index (χ4n) is 3.38. The van der Waals surface area contributed by atoms with E-state index in [0.29, 0.717) is 22.5 Å². The molecule has 2 atom stereocenters. The Balaban J connectivity index is 1.78. The van der Waals surface area contributed by atoms with E-state index in [9.17, 15) is 0 Å². The van der Waals surface area contributed by atoms with Gasteiger partial charge in [-0.15, -0.1) is 0 Å². The third kappa shape index (κ3) is 2.84. The molecule has 1 aliphatic heterocycles. The fraction of sp³-hybridized carbons (Fsp3) is 0.278. The third-order valence-corrected chi connectivity index (χ3v) is 4.87. The Labute approximate surface area is 155 Å². The molecule has 2 heterocycles. The monoisotopic (exact) mass is 371 g/mol. The number of nitrogens with one attached hydrogen (secondary N) is 1. The van der Waals surface area contributed by atoms with Crippen molar-refractivity contribution in [3.63, 3.8) is 0 Å². The van der Waals surface area contributed by atoms with E-state index in [1.54, 1.807) is 18.9 Å². The molecule has 0 radical (unpaired) electrons. The maximum Gasteiger partial charge on any atom is 0.243 e. The molecule has 3 aromatic rings. The van der Waals surface area contributed by atoms with Crippen LogP contribution in [0.1, 0.15) is 29.6 Å². The average Bonchev–Trinajstić information content (AvgIpc) is 3.15. The molecule has 0 unspecified atom stereocenters. The van der Waals surface area contributed by atoms with Gasteiger partial charge in [0.05, 0.1) is 26.3 Å². The van der Waals surface area contributed by atoms with Gasteiger partial charge < -0.3 is 14.8 Å². The number of hydrogen-bond acceptors (Lipinski definition) is 6. The van der Waals surface area contributed by atoms with Gasteiger partial charge in [0.25, 0.3) is 0 Å². The number of methoxy groups -OCH3 is 2. The predicted octanol–water partition coefficient (Wildman–Crippen LogP) is 3.49. The molecule has 0 saturated carbocycles. The SMILES string of the molecule is COc1cccc([C@@H]2C[C@H](c3ccc(Cl)cc3)Nc3nnnn32)c1OC. The van der Waals surface area contributed by atoms with Crippen LogP contribution >= 0.6 is 11.6 Å². The zero-order valence-electron chi connectivity index (χ0n) is 14.4. The van der Waals surface area contributed by atoms with Gasteiger partial charge in [-0.2, -0.15) is 0 Å². The number of anilines is 1. The van der Waals surface area contributed by atoms with Gasteiger partial charge in [-0.25, -0.2) is 4.68 Å². The second-order valence-electron chi connectivity index (χ2n) is 6.03. The molecule has 134 valence electrons. The molecule has 1 aliphatic rings. The van der Waals surface area contributed by atoms with Crippen molar-refractivity contribution < 1.29 is 9.47 Å². The van der Waals surface area contributed by atoms with Crippen LogP contribution in [0, 0.1) is 0 Å². The summed E-state index contributed by atoms with van der Waals surface area (Å²) in [6.07, 6.45) is 0.753. The summed E-state index contributed by atoms with van der Waals surface area (Å²) in [6.45, 7) is 0. The van der Waals surface area contributed by atoms with Crippen LogP contribution in [0.2, 0.25) is 5.02 Å². The third-order valence-electron chi connectivity index (χ3n) is 4.62. The number of para-hydroxylation sites is 1. The maximum atomic E-state index is 6.02. The van der Waals surface area contributed by atoms with E-state index in [4.69, 9.17) is 21.1 Å². The summed E-state index contributed by atoms with van der Waals surface area (Å²) in [7, 11) is 3.27.